The van der Waals surface area contributed by atoms with Crippen molar-refractivity contribution in [2.75, 3.05) is 37.7 Å². The van der Waals surface area contributed by atoms with Gasteiger partial charge in [0.15, 0.2) is 0 Å². The summed E-state index contributed by atoms with van der Waals surface area (Å²) in [5.41, 5.74) is 3.63. The second-order valence-electron chi connectivity index (χ2n) is 11.1. The Labute approximate surface area is 252 Å². The van der Waals surface area contributed by atoms with Gasteiger partial charge < -0.3 is 24.5 Å². The summed E-state index contributed by atoms with van der Waals surface area (Å²) < 4.78 is 51.8. The molecule has 6 rings (SSSR count). The fraction of sp³-hybridized carbons (Fsp3) is 0.344. The van der Waals surface area contributed by atoms with Crippen LogP contribution < -0.4 is 14.4 Å². The van der Waals surface area contributed by atoms with Gasteiger partial charge in [0.2, 0.25) is 0 Å². The molecule has 0 radical (unpaired) electrons. The number of hydrogen-bond acceptors (Lipinski definition) is 7. The lowest BCUT2D eigenvalue weighted by atomic mass is 10.0. The average Bonchev–Trinajstić information content (AvgIpc) is 3.46. The van der Waals surface area contributed by atoms with Gasteiger partial charge in [-0.2, -0.15) is 13.2 Å². The molecule has 1 aromatic heterocycles. The molecule has 2 aliphatic rings. The van der Waals surface area contributed by atoms with Gasteiger partial charge in [-0.25, -0.2) is 0 Å². The van der Waals surface area contributed by atoms with Crippen LogP contribution in [0.25, 0.3) is 0 Å². The summed E-state index contributed by atoms with van der Waals surface area (Å²) in [7, 11) is 0. The third-order valence-corrected chi connectivity index (χ3v) is 8.01. The lowest BCUT2D eigenvalue weighted by Gasteiger charge is -2.36. The van der Waals surface area contributed by atoms with Crippen molar-refractivity contribution in [1.29, 1.82) is 0 Å². The zero-order valence-electron chi connectivity index (χ0n) is 23.9. The summed E-state index contributed by atoms with van der Waals surface area (Å²) in [4.78, 5) is 19.1. The van der Waals surface area contributed by atoms with Gasteiger partial charge in [-0.1, -0.05) is 36.4 Å². The van der Waals surface area contributed by atoms with E-state index in [1.54, 1.807) is 4.57 Å². The molecule has 0 spiro atoms. The molecule has 0 aliphatic carbocycles. The number of ether oxygens (including phenoxy) is 2. The zero-order valence-corrected chi connectivity index (χ0v) is 23.9. The molecule has 1 unspecified atom stereocenters. The summed E-state index contributed by atoms with van der Waals surface area (Å²) in [6.07, 6.45) is -1.89. The van der Waals surface area contributed by atoms with Crippen molar-refractivity contribution < 1.29 is 27.6 Å². The Balaban J connectivity index is 0.933. The van der Waals surface area contributed by atoms with Crippen molar-refractivity contribution in [3.05, 3.63) is 111 Å². The number of piperazine rings is 1. The molecule has 3 heterocycles. The Morgan fingerprint density at radius 1 is 0.886 bits per heavy atom. The Kier molecular flexibility index (Phi) is 8.42. The average molecular weight is 608 g/mol. The normalized spacial score (nSPS) is 17.2. The first-order valence-electron chi connectivity index (χ1n) is 14.5. The standard InChI is InChI=1S/C32H32F3N5O4/c33-32(34,35)26-7-5-24(6-8-26)19-23-1-3-25(4-2-23)20-37-15-17-38(18-16-37)27-9-11-28(12-10-27)43-22-29-13-14-39-21-30(40(41)42)36-31(39)44-29/h1-12,21,29H,13-20,22H2. The molecule has 230 valence electrons. The molecule has 1 fully saturated rings. The van der Waals surface area contributed by atoms with E-state index in [2.05, 4.69) is 39.0 Å². The molecule has 3 aromatic carbocycles. The van der Waals surface area contributed by atoms with Crippen LogP contribution in [0.15, 0.2) is 79.0 Å². The van der Waals surface area contributed by atoms with Gasteiger partial charge in [-0.3, -0.25) is 9.47 Å². The lowest BCUT2D eigenvalue weighted by Crippen LogP contribution is -2.45. The summed E-state index contributed by atoms with van der Waals surface area (Å²) >= 11 is 0. The number of hydrogen-bond donors (Lipinski definition) is 0. The molecule has 1 saturated heterocycles. The largest absolute Gasteiger partial charge is 0.490 e. The highest BCUT2D eigenvalue weighted by molar-refractivity contribution is 5.49. The van der Waals surface area contributed by atoms with E-state index in [4.69, 9.17) is 9.47 Å². The summed E-state index contributed by atoms with van der Waals surface area (Å²) in [6.45, 7) is 5.43. The zero-order chi connectivity index (χ0) is 30.7. The first kappa shape index (κ1) is 29.5. The van der Waals surface area contributed by atoms with Gasteiger partial charge >= 0.3 is 18.0 Å². The van der Waals surface area contributed by atoms with E-state index in [0.29, 0.717) is 26.0 Å². The number of halogens is 3. The van der Waals surface area contributed by atoms with Crippen LogP contribution in [0.3, 0.4) is 0 Å². The molecule has 0 bridgehead atoms. The van der Waals surface area contributed by atoms with Crippen LogP contribution in [-0.2, 0) is 25.7 Å². The van der Waals surface area contributed by atoms with Crippen LogP contribution in [0.2, 0.25) is 0 Å². The molecular formula is C32H32F3N5O4. The molecule has 44 heavy (non-hydrogen) atoms. The van der Waals surface area contributed by atoms with Crippen molar-refractivity contribution in [1.82, 2.24) is 14.5 Å². The highest BCUT2D eigenvalue weighted by Gasteiger charge is 2.30. The van der Waals surface area contributed by atoms with Crippen LogP contribution in [0.4, 0.5) is 24.7 Å². The second-order valence-corrected chi connectivity index (χ2v) is 11.1. The SMILES string of the molecule is O=[N+]([O-])c1cn2c(n1)OC(COc1ccc(N3CCN(Cc4ccc(Cc5ccc(C(F)(F)F)cc5)cc4)CC3)cc1)CC2. The first-order valence-corrected chi connectivity index (χ1v) is 14.5. The van der Waals surface area contributed by atoms with E-state index in [1.807, 2.05) is 24.3 Å². The predicted molar refractivity (Wildman–Crippen MR) is 158 cm³/mol. The smallest absolute Gasteiger partial charge is 0.416 e. The van der Waals surface area contributed by atoms with Crippen molar-refractivity contribution in [2.45, 2.75) is 38.2 Å². The van der Waals surface area contributed by atoms with Crippen molar-refractivity contribution in [3.63, 3.8) is 0 Å². The van der Waals surface area contributed by atoms with Crippen LogP contribution in [0.1, 0.15) is 28.7 Å². The van der Waals surface area contributed by atoms with Crippen molar-refractivity contribution in [2.24, 2.45) is 0 Å². The maximum atomic E-state index is 12.8. The van der Waals surface area contributed by atoms with E-state index in [9.17, 15) is 23.3 Å². The monoisotopic (exact) mass is 607 g/mol. The molecule has 9 nitrogen and oxygen atoms in total. The number of nitrogens with zero attached hydrogens (tertiary/aromatic N) is 5. The number of aromatic nitrogens is 2. The fourth-order valence-corrected chi connectivity index (χ4v) is 5.51. The minimum atomic E-state index is -4.32. The minimum absolute atomic E-state index is 0.218. The Morgan fingerprint density at radius 3 is 2.16 bits per heavy atom. The minimum Gasteiger partial charge on any atom is -0.490 e. The number of rotatable bonds is 9. The quantitative estimate of drug-likeness (QED) is 0.172. The van der Waals surface area contributed by atoms with E-state index in [1.165, 1.54) is 23.9 Å². The lowest BCUT2D eigenvalue weighted by molar-refractivity contribution is -0.389. The van der Waals surface area contributed by atoms with Crippen LogP contribution in [-0.4, -0.2) is 58.3 Å². The van der Waals surface area contributed by atoms with Crippen LogP contribution in [0.5, 0.6) is 11.8 Å². The van der Waals surface area contributed by atoms with Gasteiger partial charge in [0.25, 0.3) is 0 Å². The predicted octanol–water partition coefficient (Wildman–Crippen LogP) is 5.95. The van der Waals surface area contributed by atoms with Crippen LogP contribution >= 0.6 is 0 Å². The van der Waals surface area contributed by atoms with E-state index < -0.39 is 16.7 Å². The number of imidazole rings is 1. The number of nitro groups is 1. The van der Waals surface area contributed by atoms with Gasteiger partial charge in [-0.05, 0) is 64.4 Å². The second kappa shape index (κ2) is 12.6. The molecule has 2 aliphatic heterocycles. The Morgan fingerprint density at radius 2 is 1.52 bits per heavy atom. The molecule has 4 aromatic rings. The van der Waals surface area contributed by atoms with E-state index in [0.717, 1.165) is 67.4 Å². The number of aryl methyl sites for hydroxylation is 1. The molecular weight excluding hydrogens is 575 g/mol. The molecule has 1 atom stereocenters. The molecule has 12 heteroatoms. The number of fused-ring (bicyclic) bond motifs is 1. The van der Waals surface area contributed by atoms with Gasteiger partial charge in [0, 0.05) is 56.4 Å². The molecule has 0 amide bonds. The number of alkyl halides is 3. The van der Waals surface area contributed by atoms with E-state index in [-0.39, 0.29) is 17.9 Å². The van der Waals surface area contributed by atoms with Gasteiger partial charge in [0.1, 0.15) is 24.7 Å². The first-order chi connectivity index (χ1) is 21.2. The fourth-order valence-electron chi connectivity index (χ4n) is 5.51. The Hall–Kier alpha value is -4.58. The third-order valence-electron chi connectivity index (χ3n) is 8.01. The summed E-state index contributed by atoms with van der Waals surface area (Å²) in [5.74, 6) is 0.516. The summed E-state index contributed by atoms with van der Waals surface area (Å²) in [6, 6.07) is 21.9. The number of anilines is 1. The highest BCUT2D eigenvalue weighted by Crippen LogP contribution is 2.30. The van der Waals surface area contributed by atoms with Crippen molar-refractivity contribution >= 4 is 11.5 Å². The van der Waals surface area contributed by atoms with Gasteiger partial charge in [-0.15, -0.1) is 0 Å². The maximum absolute atomic E-state index is 12.8. The highest BCUT2D eigenvalue weighted by atomic mass is 19.4. The topological polar surface area (TPSA) is 85.9 Å². The van der Waals surface area contributed by atoms with Gasteiger partial charge in [0.05, 0.1) is 5.56 Å². The van der Waals surface area contributed by atoms with Crippen LogP contribution in [0, 0.1) is 10.1 Å². The number of benzene rings is 3. The molecule has 0 N–H and O–H groups in total. The van der Waals surface area contributed by atoms with E-state index >= 15 is 0 Å². The molecule has 0 saturated carbocycles. The maximum Gasteiger partial charge on any atom is 0.416 e. The summed E-state index contributed by atoms with van der Waals surface area (Å²) in [5, 5.41) is 10.9. The van der Waals surface area contributed by atoms with Crippen molar-refractivity contribution in [3.8, 4) is 11.8 Å². The Bertz CT molecular complexity index is 1570. The third kappa shape index (κ3) is 7.13.